The molecule has 1 N–H and O–H groups in total. The third-order valence-electron chi connectivity index (χ3n) is 3.07. The fourth-order valence-corrected chi connectivity index (χ4v) is 2.17. The van der Waals surface area contributed by atoms with E-state index in [1.165, 1.54) is 5.69 Å². The SMILES string of the molecule is COCC(C)Nc1ccc(N2CCOCC2)cc1. The number of methoxy groups -OCH3 is 1. The van der Waals surface area contributed by atoms with E-state index in [4.69, 9.17) is 9.47 Å². The summed E-state index contributed by atoms with van der Waals surface area (Å²) < 4.78 is 10.5. The van der Waals surface area contributed by atoms with E-state index in [9.17, 15) is 0 Å². The van der Waals surface area contributed by atoms with Crippen LogP contribution in [0.1, 0.15) is 6.92 Å². The summed E-state index contributed by atoms with van der Waals surface area (Å²) in [5.41, 5.74) is 2.40. The highest BCUT2D eigenvalue weighted by molar-refractivity contribution is 5.55. The molecule has 1 unspecified atom stereocenters. The van der Waals surface area contributed by atoms with Crippen LogP contribution in [0.2, 0.25) is 0 Å². The first-order valence-electron chi connectivity index (χ1n) is 6.48. The van der Waals surface area contributed by atoms with Crippen LogP contribution in [0.15, 0.2) is 24.3 Å². The summed E-state index contributed by atoms with van der Waals surface area (Å²) in [5, 5.41) is 3.40. The molecule has 0 aromatic heterocycles. The van der Waals surface area contributed by atoms with Crippen molar-refractivity contribution < 1.29 is 9.47 Å². The van der Waals surface area contributed by atoms with Gasteiger partial charge in [0.25, 0.3) is 0 Å². The van der Waals surface area contributed by atoms with E-state index in [0.717, 1.165) is 32.0 Å². The fraction of sp³-hybridized carbons (Fsp3) is 0.571. The van der Waals surface area contributed by atoms with Crippen LogP contribution in [0.4, 0.5) is 11.4 Å². The summed E-state index contributed by atoms with van der Waals surface area (Å²) >= 11 is 0. The molecule has 1 aliphatic rings. The minimum atomic E-state index is 0.323. The molecular formula is C14H22N2O2. The molecule has 4 nitrogen and oxygen atoms in total. The molecule has 100 valence electrons. The molecule has 4 heteroatoms. The van der Waals surface area contributed by atoms with Crippen LogP contribution in [-0.4, -0.2) is 46.1 Å². The molecule has 1 atom stereocenters. The van der Waals surface area contributed by atoms with Gasteiger partial charge in [0.15, 0.2) is 0 Å². The highest BCUT2D eigenvalue weighted by Gasteiger charge is 2.10. The van der Waals surface area contributed by atoms with Crippen LogP contribution in [-0.2, 0) is 9.47 Å². The Balaban J connectivity index is 1.92. The molecule has 1 heterocycles. The van der Waals surface area contributed by atoms with Crippen molar-refractivity contribution in [1.29, 1.82) is 0 Å². The van der Waals surface area contributed by atoms with Crippen molar-refractivity contribution in [3.8, 4) is 0 Å². The van der Waals surface area contributed by atoms with E-state index in [0.29, 0.717) is 12.6 Å². The molecule has 1 saturated heterocycles. The second-order valence-electron chi connectivity index (χ2n) is 4.65. The molecule has 18 heavy (non-hydrogen) atoms. The molecule has 0 radical (unpaired) electrons. The van der Waals surface area contributed by atoms with Gasteiger partial charge in [0, 0.05) is 37.6 Å². The van der Waals surface area contributed by atoms with Crippen LogP contribution in [0, 0.1) is 0 Å². The molecule has 1 aromatic rings. The Bertz CT molecular complexity index is 347. The lowest BCUT2D eigenvalue weighted by molar-refractivity contribution is 0.122. The largest absolute Gasteiger partial charge is 0.383 e. The van der Waals surface area contributed by atoms with Crippen molar-refractivity contribution in [1.82, 2.24) is 0 Å². The van der Waals surface area contributed by atoms with Gasteiger partial charge in [-0.15, -0.1) is 0 Å². The van der Waals surface area contributed by atoms with Crippen molar-refractivity contribution in [3.63, 3.8) is 0 Å². The Labute approximate surface area is 109 Å². The number of anilines is 2. The molecule has 1 fully saturated rings. The van der Waals surface area contributed by atoms with Crippen molar-refractivity contribution in [3.05, 3.63) is 24.3 Å². The first-order valence-corrected chi connectivity index (χ1v) is 6.48. The number of rotatable bonds is 5. The van der Waals surface area contributed by atoms with E-state index < -0.39 is 0 Å². The van der Waals surface area contributed by atoms with Gasteiger partial charge in [0.2, 0.25) is 0 Å². The Morgan fingerprint density at radius 2 is 1.94 bits per heavy atom. The highest BCUT2D eigenvalue weighted by Crippen LogP contribution is 2.19. The number of nitrogens with one attached hydrogen (secondary N) is 1. The second kappa shape index (κ2) is 6.61. The number of hydrogen-bond acceptors (Lipinski definition) is 4. The van der Waals surface area contributed by atoms with Crippen LogP contribution < -0.4 is 10.2 Å². The number of morpholine rings is 1. The zero-order valence-corrected chi connectivity index (χ0v) is 11.2. The van der Waals surface area contributed by atoms with Crippen LogP contribution in [0.3, 0.4) is 0 Å². The second-order valence-corrected chi connectivity index (χ2v) is 4.65. The van der Waals surface area contributed by atoms with Gasteiger partial charge in [0.05, 0.1) is 19.8 Å². The van der Waals surface area contributed by atoms with Gasteiger partial charge < -0.3 is 19.7 Å². The summed E-state index contributed by atoms with van der Waals surface area (Å²) in [6, 6.07) is 8.89. The Morgan fingerprint density at radius 1 is 1.28 bits per heavy atom. The predicted molar refractivity (Wildman–Crippen MR) is 74.4 cm³/mol. The summed E-state index contributed by atoms with van der Waals surface area (Å²) in [6.45, 7) is 6.43. The number of benzene rings is 1. The number of nitrogens with zero attached hydrogens (tertiary/aromatic N) is 1. The van der Waals surface area contributed by atoms with E-state index in [1.807, 2.05) is 0 Å². The molecule has 0 bridgehead atoms. The monoisotopic (exact) mass is 250 g/mol. The van der Waals surface area contributed by atoms with Crippen molar-refractivity contribution >= 4 is 11.4 Å². The summed E-state index contributed by atoms with van der Waals surface area (Å²) in [4.78, 5) is 2.35. The average Bonchev–Trinajstić information content (AvgIpc) is 2.41. The van der Waals surface area contributed by atoms with Crippen LogP contribution in [0.25, 0.3) is 0 Å². The molecule has 0 saturated carbocycles. The van der Waals surface area contributed by atoms with Gasteiger partial charge in [-0.3, -0.25) is 0 Å². The van der Waals surface area contributed by atoms with E-state index in [-0.39, 0.29) is 0 Å². The van der Waals surface area contributed by atoms with Gasteiger partial charge in [-0.05, 0) is 31.2 Å². The van der Waals surface area contributed by atoms with Crippen molar-refractivity contribution in [2.45, 2.75) is 13.0 Å². The Kier molecular flexibility index (Phi) is 4.84. The third kappa shape index (κ3) is 3.62. The van der Waals surface area contributed by atoms with Crippen molar-refractivity contribution in [2.24, 2.45) is 0 Å². The predicted octanol–water partition coefficient (Wildman–Crippen LogP) is 1.97. The van der Waals surface area contributed by atoms with Gasteiger partial charge in [-0.2, -0.15) is 0 Å². The first kappa shape index (κ1) is 13.2. The maximum Gasteiger partial charge on any atom is 0.0661 e. The van der Waals surface area contributed by atoms with Crippen LogP contribution >= 0.6 is 0 Å². The Hall–Kier alpha value is -1.26. The zero-order chi connectivity index (χ0) is 12.8. The van der Waals surface area contributed by atoms with E-state index in [2.05, 4.69) is 41.4 Å². The lowest BCUT2D eigenvalue weighted by Crippen LogP contribution is -2.36. The van der Waals surface area contributed by atoms with Gasteiger partial charge in [-0.1, -0.05) is 0 Å². The molecule has 0 amide bonds. The quantitative estimate of drug-likeness (QED) is 0.866. The Morgan fingerprint density at radius 3 is 2.56 bits per heavy atom. The maximum absolute atomic E-state index is 5.36. The molecule has 0 aliphatic carbocycles. The van der Waals surface area contributed by atoms with Crippen LogP contribution in [0.5, 0.6) is 0 Å². The minimum Gasteiger partial charge on any atom is -0.383 e. The normalized spacial score (nSPS) is 17.6. The molecule has 2 rings (SSSR count). The lowest BCUT2D eigenvalue weighted by Gasteiger charge is -2.29. The maximum atomic E-state index is 5.36. The molecular weight excluding hydrogens is 228 g/mol. The number of ether oxygens (including phenoxy) is 2. The van der Waals surface area contributed by atoms with Gasteiger partial charge in [-0.25, -0.2) is 0 Å². The summed E-state index contributed by atoms with van der Waals surface area (Å²) in [5.74, 6) is 0. The van der Waals surface area contributed by atoms with Gasteiger partial charge in [0.1, 0.15) is 0 Å². The third-order valence-corrected chi connectivity index (χ3v) is 3.07. The zero-order valence-electron chi connectivity index (χ0n) is 11.2. The van der Waals surface area contributed by atoms with E-state index >= 15 is 0 Å². The van der Waals surface area contributed by atoms with E-state index in [1.54, 1.807) is 7.11 Å². The summed E-state index contributed by atoms with van der Waals surface area (Å²) in [6.07, 6.45) is 0. The molecule has 1 aliphatic heterocycles. The summed E-state index contributed by atoms with van der Waals surface area (Å²) in [7, 11) is 1.72. The van der Waals surface area contributed by atoms with Crippen molar-refractivity contribution in [2.75, 3.05) is 50.2 Å². The number of hydrogen-bond donors (Lipinski definition) is 1. The highest BCUT2D eigenvalue weighted by atomic mass is 16.5. The smallest absolute Gasteiger partial charge is 0.0661 e. The topological polar surface area (TPSA) is 33.7 Å². The fourth-order valence-electron chi connectivity index (χ4n) is 2.17. The standard InChI is InChI=1S/C14H22N2O2/c1-12(11-17-2)15-13-3-5-14(6-4-13)16-7-9-18-10-8-16/h3-6,12,15H,7-11H2,1-2H3. The first-order chi connectivity index (χ1) is 8.79. The average molecular weight is 250 g/mol. The van der Waals surface area contributed by atoms with Gasteiger partial charge >= 0.3 is 0 Å². The molecule has 1 aromatic carbocycles. The molecule has 0 spiro atoms. The minimum absolute atomic E-state index is 0.323. The lowest BCUT2D eigenvalue weighted by atomic mass is 10.2.